The van der Waals surface area contributed by atoms with Gasteiger partial charge < -0.3 is 24.4 Å². The van der Waals surface area contributed by atoms with Gasteiger partial charge in [-0.05, 0) is 50.9 Å². The molecule has 0 unspecified atom stereocenters. The van der Waals surface area contributed by atoms with E-state index >= 15 is 0 Å². The maximum absolute atomic E-state index is 13.3. The molecule has 2 saturated heterocycles. The van der Waals surface area contributed by atoms with Gasteiger partial charge in [-0.1, -0.05) is 0 Å². The molecule has 4 rings (SSSR count). The number of benzene rings is 1. The molecule has 206 valence electrons. The second-order valence-corrected chi connectivity index (χ2v) is 11.8. The summed E-state index contributed by atoms with van der Waals surface area (Å²) in [6.45, 7) is 6.76. The lowest BCUT2D eigenvalue weighted by Gasteiger charge is -2.42. The van der Waals surface area contributed by atoms with Crippen molar-refractivity contribution in [2.24, 2.45) is 0 Å². The molecule has 0 bridgehead atoms. The van der Waals surface area contributed by atoms with E-state index in [-0.39, 0.29) is 48.8 Å². The number of likely N-dealkylation sites (N-methyl/N-ethyl adjacent to an activating group) is 1. The Labute approximate surface area is 218 Å². The highest BCUT2D eigenvalue weighted by molar-refractivity contribution is 7.92. The molecule has 3 atom stereocenters. The normalized spacial score (nSPS) is 24.8. The third-order valence-electron chi connectivity index (χ3n) is 7.16. The van der Waals surface area contributed by atoms with Crippen LogP contribution in [0.2, 0.25) is 0 Å². The lowest BCUT2D eigenvalue weighted by molar-refractivity contribution is -0.134. The van der Waals surface area contributed by atoms with E-state index in [1.807, 2.05) is 0 Å². The van der Waals surface area contributed by atoms with Crippen LogP contribution in [-0.4, -0.2) is 107 Å². The van der Waals surface area contributed by atoms with Gasteiger partial charge in [0.05, 0.1) is 43.1 Å². The lowest BCUT2D eigenvalue weighted by atomic mass is 9.94. The molecule has 3 heterocycles. The zero-order chi connectivity index (χ0) is 26.4. The van der Waals surface area contributed by atoms with E-state index in [2.05, 4.69) is 14.9 Å². The number of carbonyl (C=O) groups is 2. The molecular formula is C25H38N4O7S. The minimum atomic E-state index is -3.47. The predicted molar refractivity (Wildman–Crippen MR) is 138 cm³/mol. The quantitative estimate of drug-likeness (QED) is 0.447. The molecule has 12 heteroatoms. The molecule has 11 nitrogen and oxygen atoms in total. The Morgan fingerprint density at radius 2 is 1.97 bits per heavy atom. The summed E-state index contributed by atoms with van der Waals surface area (Å²) in [7, 11) is -1.74. The van der Waals surface area contributed by atoms with E-state index in [4.69, 9.17) is 14.2 Å². The molecular weight excluding hydrogens is 500 g/mol. The van der Waals surface area contributed by atoms with Crippen molar-refractivity contribution in [2.75, 3.05) is 63.5 Å². The largest absolute Gasteiger partial charge is 0.490 e. The molecule has 0 spiro atoms. The van der Waals surface area contributed by atoms with Crippen LogP contribution < -0.4 is 14.8 Å². The number of nitrogens with one attached hydrogen (secondary N) is 2. The topological polar surface area (TPSA) is 127 Å². The van der Waals surface area contributed by atoms with Gasteiger partial charge in [-0.3, -0.25) is 19.2 Å². The summed E-state index contributed by atoms with van der Waals surface area (Å²) in [5, 5.41) is 3.00. The minimum Gasteiger partial charge on any atom is -0.490 e. The van der Waals surface area contributed by atoms with Crippen molar-refractivity contribution in [3.63, 3.8) is 0 Å². The van der Waals surface area contributed by atoms with Crippen LogP contribution in [0.1, 0.15) is 43.0 Å². The summed E-state index contributed by atoms with van der Waals surface area (Å²) in [5.41, 5.74) is 0.620. The monoisotopic (exact) mass is 538 g/mol. The number of anilines is 1. The Balaban J connectivity index is 1.30. The molecule has 2 N–H and O–H groups in total. The van der Waals surface area contributed by atoms with E-state index in [1.165, 1.54) is 6.07 Å². The first-order valence-electron chi connectivity index (χ1n) is 13.0. The third kappa shape index (κ3) is 7.34. The number of amides is 2. The molecule has 0 aromatic heterocycles. The first-order valence-corrected chi connectivity index (χ1v) is 14.7. The third-order valence-corrected chi connectivity index (χ3v) is 8.46. The van der Waals surface area contributed by atoms with Crippen LogP contribution in [-0.2, 0) is 24.3 Å². The standard InChI is InChI=1S/C25H38N4O7S/c1-3-37(32,33)27-18-5-8-22-20(15-18)25(31)28(2)21-7-6-19(36-23(21)17-35-22)16-24(30)26-9-4-10-29-11-13-34-14-12-29/h5,8,15,19,21,23,27H,3-4,6-7,9-14,16-17H2,1-2H3,(H,26,30)/t19-,21-,23+/m1/s1. The Morgan fingerprint density at radius 1 is 1.19 bits per heavy atom. The van der Waals surface area contributed by atoms with Crippen LogP contribution in [0.3, 0.4) is 0 Å². The smallest absolute Gasteiger partial charge is 0.257 e. The molecule has 0 radical (unpaired) electrons. The number of fused-ring (bicyclic) bond motifs is 2. The van der Waals surface area contributed by atoms with E-state index in [9.17, 15) is 18.0 Å². The van der Waals surface area contributed by atoms with Gasteiger partial charge in [0.15, 0.2) is 0 Å². The number of nitrogens with zero attached hydrogens (tertiary/aromatic N) is 2. The Bertz CT molecular complexity index is 1060. The van der Waals surface area contributed by atoms with Crippen molar-refractivity contribution in [3.8, 4) is 5.75 Å². The Morgan fingerprint density at radius 3 is 2.73 bits per heavy atom. The van der Waals surface area contributed by atoms with E-state index < -0.39 is 10.0 Å². The summed E-state index contributed by atoms with van der Waals surface area (Å²) in [5.74, 6) is 0.0122. The zero-order valence-corrected chi connectivity index (χ0v) is 22.4. The van der Waals surface area contributed by atoms with Crippen LogP contribution in [0.25, 0.3) is 0 Å². The maximum Gasteiger partial charge on any atom is 0.257 e. The number of hydrogen-bond acceptors (Lipinski definition) is 8. The number of sulfonamides is 1. The van der Waals surface area contributed by atoms with Gasteiger partial charge in [-0.15, -0.1) is 0 Å². The van der Waals surface area contributed by atoms with Crippen LogP contribution in [0, 0.1) is 0 Å². The average molecular weight is 539 g/mol. The Hall–Kier alpha value is -2.41. The van der Waals surface area contributed by atoms with Crippen LogP contribution in [0.4, 0.5) is 5.69 Å². The molecule has 1 aromatic carbocycles. The summed E-state index contributed by atoms with van der Waals surface area (Å²) >= 11 is 0. The summed E-state index contributed by atoms with van der Waals surface area (Å²) < 4.78 is 43.9. The van der Waals surface area contributed by atoms with E-state index in [0.717, 1.165) is 39.3 Å². The molecule has 3 aliphatic rings. The van der Waals surface area contributed by atoms with E-state index in [1.54, 1.807) is 31.0 Å². The second-order valence-electron chi connectivity index (χ2n) is 9.75. The van der Waals surface area contributed by atoms with Crippen LogP contribution in [0.15, 0.2) is 18.2 Å². The fourth-order valence-corrected chi connectivity index (χ4v) is 5.61. The van der Waals surface area contributed by atoms with Crippen molar-refractivity contribution < 1.29 is 32.2 Å². The molecule has 3 aliphatic heterocycles. The maximum atomic E-state index is 13.3. The number of carbonyl (C=O) groups excluding carboxylic acids is 2. The number of ether oxygens (including phenoxy) is 3. The van der Waals surface area contributed by atoms with Crippen molar-refractivity contribution in [3.05, 3.63) is 23.8 Å². The first kappa shape index (κ1) is 27.6. The van der Waals surface area contributed by atoms with Crippen molar-refractivity contribution in [2.45, 2.75) is 50.9 Å². The van der Waals surface area contributed by atoms with Gasteiger partial charge >= 0.3 is 0 Å². The summed E-state index contributed by atoms with van der Waals surface area (Å²) in [6, 6.07) is 4.48. The SMILES string of the molecule is CCS(=O)(=O)Nc1ccc2c(c1)C(=O)N(C)[C@@H]1CC[C@H](CC(=O)NCCCN3CCOCC3)O[C@H]1CO2. The van der Waals surface area contributed by atoms with Crippen molar-refractivity contribution >= 4 is 27.5 Å². The van der Waals surface area contributed by atoms with Gasteiger partial charge in [0.25, 0.3) is 5.91 Å². The second kappa shape index (κ2) is 12.4. The van der Waals surface area contributed by atoms with Gasteiger partial charge in [0.2, 0.25) is 15.9 Å². The minimum absolute atomic E-state index is 0.0333. The van der Waals surface area contributed by atoms with Gasteiger partial charge in [-0.25, -0.2) is 8.42 Å². The lowest BCUT2D eigenvalue weighted by Crippen LogP contribution is -2.54. The highest BCUT2D eigenvalue weighted by Gasteiger charge is 2.39. The molecule has 0 aliphatic carbocycles. The predicted octanol–water partition coefficient (Wildman–Crippen LogP) is 1.06. The highest BCUT2D eigenvalue weighted by Crippen LogP contribution is 2.32. The molecule has 2 fully saturated rings. The van der Waals surface area contributed by atoms with Crippen molar-refractivity contribution in [1.82, 2.24) is 15.1 Å². The van der Waals surface area contributed by atoms with Crippen molar-refractivity contribution in [1.29, 1.82) is 0 Å². The number of morpholine rings is 1. The van der Waals surface area contributed by atoms with Gasteiger partial charge in [0, 0.05) is 32.4 Å². The van der Waals surface area contributed by atoms with E-state index in [0.29, 0.717) is 36.4 Å². The average Bonchev–Trinajstić information content (AvgIpc) is 2.89. The summed E-state index contributed by atoms with van der Waals surface area (Å²) in [4.78, 5) is 29.8. The van der Waals surface area contributed by atoms with Gasteiger partial charge in [-0.2, -0.15) is 0 Å². The van der Waals surface area contributed by atoms with Gasteiger partial charge in [0.1, 0.15) is 18.5 Å². The summed E-state index contributed by atoms with van der Waals surface area (Å²) in [6.07, 6.45) is 1.90. The Kier molecular flexibility index (Phi) is 9.27. The molecule has 1 aromatic rings. The number of rotatable bonds is 9. The highest BCUT2D eigenvalue weighted by atomic mass is 32.2. The fourth-order valence-electron chi connectivity index (χ4n) is 4.98. The van der Waals surface area contributed by atoms with Crippen LogP contribution >= 0.6 is 0 Å². The molecule has 2 amide bonds. The van der Waals surface area contributed by atoms with Crippen LogP contribution in [0.5, 0.6) is 5.75 Å². The molecule has 0 saturated carbocycles. The number of hydrogen-bond donors (Lipinski definition) is 2. The molecule has 37 heavy (non-hydrogen) atoms. The fraction of sp³-hybridized carbons (Fsp3) is 0.680. The zero-order valence-electron chi connectivity index (χ0n) is 21.6. The first-order chi connectivity index (χ1) is 17.8.